The van der Waals surface area contributed by atoms with Gasteiger partial charge in [0, 0.05) is 33.7 Å². The van der Waals surface area contributed by atoms with Crippen molar-refractivity contribution < 1.29 is 0 Å². The number of benzene rings is 1. The SMILES string of the molecule is N[C@H]1CCC(n2ccc3cc(Br)ccc32)C1. The van der Waals surface area contributed by atoms with Crippen LogP contribution in [0.25, 0.3) is 10.9 Å². The van der Waals surface area contributed by atoms with E-state index in [9.17, 15) is 0 Å². The van der Waals surface area contributed by atoms with Crippen LogP contribution in [0.5, 0.6) is 0 Å². The van der Waals surface area contributed by atoms with Crippen molar-refractivity contribution >= 4 is 26.8 Å². The zero-order valence-electron chi connectivity index (χ0n) is 9.07. The van der Waals surface area contributed by atoms with E-state index >= 15 is 0 Å². The summed E-state index contributed by atoms with van der Waals surface area (Å²) in [5.74, 6) is 0. The maximum Gasteiger partial charge on any atom is 0.0483 e. The van der Waals surface area contributed by atoms with Gasteiger partial charge < -0.3 is 10.3 Å². The number of hydrogen-bond donors (Lipinski definition) is 1. The first-order chi connectivity index (χ1) is 7.74. The summed E-state index contributed by atoms with van der Waals surface area (Å²) in [6.45, 7) is 0. The molecule has 1 heterocycles. The summed E-state index contributed by atoms with van der Waals surface area (Å²) >= 11 is 3.51. The van der Waals surface area contributed by atoms with Gasteiger partial charge in [0.2, 0.25) is 0 Å². The highest BCUT2D eigenvalue weighted by Crippen LogP contribution is 2.32. The van der Waals surface area contributed by atoms with E-state index in [4.69, 9.17) is 5.73 Å². The Morgan fingerprint density at radius 2 is 2.12 bits per heavy atom. The van der Waals surface area contributed by atoms with Crippen LogP contribution >= 0.6 is 15.9 Å². The van der Waals surface area contributed by atoms with E-state index in [-0.39, 0.29) is 0 Å². The Kier molecular flexibility index (Phi) is 2.52. The highest BCUT2D eigenvalue weighted by atomic mass is 79.9. The third-order valence-corrected chi connectivity index (χ3v) is 4.01. The van der Waals surface area contributed by atoms with E-state index in [1.54, 1.807) is 0 Å². The van der Waals surface area contributed by atoms with E-state index in [0.717, 1.165) is 17.3 Å². The fraction of sp³-hybridized carbons (Fsp3) is 0.385. The molecule has 1 aliphatic carbocycles. The van der Waals surface area contributed by atoms with E-state index in [1.807, 2.05) is 0 Å². The van der Waals surface area contributed by atoms with Gasteiger partial charge in [-0.3, -0.25) is 0 Å². The topological polar surface area (TPSA) is 30.9 Å². The van der Waals surface area contributed by atoms with Gasteiger partial charge in [-0.2, -0.15) is 0 Å². The molecular weight excluding hydrogens is 264 g/mol. The standard InChI is InChI=1S/C13H15BrN2/c14-10-1-4-13-9(7-10)5-6-16(13)12-3-2-11(15)8-12/h1,4-7,11-12H,2-3,8,15H2/t11-,12?/m0/s1. The first-order valence-corrected chi connectivity index (χ1v) is 6.55. The molecule has 2 nitrogen and oxygen atoms in total. The molecule has 2 N–H and O–H groups in total. The van der Waals surface area contributed by atoms with E-state index in [2.05, 4.69) is 51.0 Å². The molecule has 2 aromatic rings. The van der Waals surface area contributed by atoms with Crippen LogP contribution in [-0.2, 0) is 0 Å². The van der Waals surface area contributed by atoms with Crippen LogP contribution in [0.15, 0.2) is 34.9 Å². The minimum Gasteiger partial charge on any atom is -0.344 e. The predicted octanol–water partition coefficient (Wildman–Crippen LogP) is 3.46. The van der Waals surface area contributed by atoms with Crippen LogP contribution in [-0.4, -0.2) is 10.6 Å². The Hall–Kier alpha value is -0.800. The minimum absolute atomic E-state index is 0.387. The lowest BCUT2D eigenvalue weighted by atomic mass is 10.2. The van der Waals surface area contributed by atoms with Gasteiger partial charge in [0.05, 0.1) is 0 Å². The molecule has 1 fully saturated rings. The molecule has 84 valence electrons. The van der Waals surface area contributed by atoms with Crippen molar-refractivity contribution in [3.05, 3.63) is 34.9 Å². The molecule has 0 aliphatic heterocycles. The predicted molar refractivity (Wildman–Crippen MR) is 70.5 cm³/mol. The van der Waals surface area contributed by atoms with E-state index in [1.165, 1.54) is 17.3 Å². The van der Waals surface area contributed by atoms with Crippen LogP contribution in [0, 0.1) is 0 Å². The molecule has 2 atom stereocenters. The van der Waals surface area contributed by atoms with Crippen molar-refractivity contribution in [2.75, 3.05) is 0 Å². The lowest BCUT2D eigenvalue weighted by Gasteiger charge is -2.13. The molecule has 3 rings (SSSR count). The number of hydrogen-bond acceptors (Lipinski definition) is 1. The third kappa shape index (κ3) is 1.68. The maximum atomic E-state index is 5.98. The second-order valence-corrected chi connectivity index (χ2v) is 5.57. The fourth-order valence-electron chi connectivity index (χ4n) is 2.70. The zero-order valence-corrected chi connectivity index (χ0v) is 10.7. The minimum atomic E-state index is 0.387. The monoisotopic (exact) mass is 278 g/mol. The Balaban J connectivity index is 2.04. The van der Waals surface area contributed by atoms with Gasteiger partial charge in [-0.25, -0.2) is 0 Å². The van der Waals surface area contributed by atoms with Crippen LogP contribution in [0.1, 0.15) is 25.3 Å². The summed E-state index contributed by atoms with van der Waals surface area (Å²) in [5.41, 5.74) is 7.30. The molecule has 0 bridgehead atoms. The lowest BCUT2D eigenvalue weighted by molar-refractivity contribution is 0.526. The summed E-state index contributed by atoms with van der Waals surface area (Å²) in [5, 5.41) is 1.30. The van der Waals surface area contributed by atoms with Crippen molar-refractivity contribution in [3.63, 3.8) is 0 Å². The highest BCUT2D eigenvalue weighted by molar-refractivity contribution is 9.10. The molecule has 1 unspecified atom stereocenters. The smallest absolute Gasteiger partial charge is 0.0483 e. The summed E-state index contributed by atoms with van der Waals surface area (Å²) in [6.07, 6.45) is 5.67. The van der Waals surface area contributed by atoms with Crippen LogP contribution < -0.4 is 5.73 Å². The molecule has 1 saturated carbocycles. The summed E-state index contributed by atoms with van der Waals surface area (Å²) < 4.78 is 3.52. The summed E-state index contributed by atoms with van der Waals surface area (Å²) in [4.78, 5) is 0. The van der Waals surface area contributed by atoms with E-state index in [0.29, 0.717) is 12.1 Å². The molecule has 0 saturated heterocycles. The molecule has 16 heavy (non-hydrogen) atoms. The average molecular weight is 279 g/mol. The Morgan fingerprint density at radius 1 is 1.25 bits per heavy atom. The molecule has 0 radical (unpaired) electrons. The van der Waals surface area contributed by atoms with Gasteiger partial charge >= 0.3 is 0 Å². The molecule has 0 spiro atoms. The van der Waals surface area contributed by atoms with Crippen molar-refractivity contribution in [2.45, 2.75) is 31.3 Å². The first-order valence-electron chi connectivity index (χ1n) is 5.76. The molecule has 1 aromatic carbocycles. The van der Waals surface area contributed by atoms with Crippen LogP contribution in [0.3, 0.4) is 0 Å². The third-order valence-electron chi connectivity index (χ3n) is 3.52. The maximum absolute atomic E-state index is 5.98. The largest absolute Gasteiger partial charge is 0.344 e. The van der Waals surface area contributed by atoms with Crippen molar-refractivity contribution in [3.8, 4) is 0 Å². The van der Waals surface area contributed by atoms with Gasteiger partial charge in [-0.05, 0) is 43.5 Å². The van der Waals surface area contributed by atoms with Gasteiger partial charge in [-0.1, -0.05) is 15.9 Å². The normalized spacial score (nSPS) is 25.4. The summed E-state index contributed by atoms with van der Waals surface area (Å²) in [7, 11) is 0. The number of fused-ring (bicyclic) bond motifs is 1. The van der Waals surface area contributed by atoms with Gasteiger partial charge in [0.25, 0.3) is 0 Å². The van der Waals surface area contributed by atoms with Crippen molar-refractivity contribution in [2.24, 2.45) is 5.73 Å². The zero-order chi connectivity index (χ0) is 11.1. The Labute approximate surface area is 104 Å². The Bertz CT molecular complexity index is 518. The van der Waals surface area contributed by atoms with Gasteiger partial charge in [0.15, 0.2) is 0 Å². The number of rotatable bonds is 1. The average Bonchev–Trinajstić information content (AvgIpc) is 2.83. The molecule has 0 amide bonds. The van der Waals surface area contributed by atoms with Crippen molar-refractivity contribution in [1.82, 2.24) is 4.57 Å². The number of halogens is 1. The number of aromatic nitrogens is 1. The molecule has 3 heteroatoms. The lowest BCUT2D eigenvalue weighted by Crippen LogP contribution is -2.15. The number of nitrogens with zero attached hydrogens (tertiary/aromatic N) is 1. The van der Waals surface area contributed by atoms with Gasteiger partial charge in [-0.15, -0.1) is 0 Å². The van der Waals surface area contributed by atoms with Gasteiger partial charge in [0.1, 0.15) is 0 Å². The second-order valence-electron chi connectivity index (χ2n) is 4.65. The van der Waals surface area contributed by atoms with Crippen LogP contribution in [0.2, 0.25) is 0 Å². The fourth-order valence-corrected chi connectivity index (χ4v) is 3.08. The van der Waals surface area contributed by atoms with Crippen LogP contribution in [0.4, 0.5) is 0 Å². The molecule has 1 aromatic heterocycles. The quantitative estimate of drug-likeness (QED) is 0.851. The first kappa shape index (κ1) is 10.4. The molecule has 1 aliphatic rings. The molecular formula is C13H15BrN2. The second kappa shape index (κ2) is 3.90. The van der Waals surface area contributed by atoms with Crippen molar-refractivity contribution in [1.29, 1.82) is 0 Å². The number of nitrogens with two attached hydrogens (primary N) is 1. The highest BCUT2D eigenvalue weighted by Gasteiger charge is 2.23. The Morgan fingerprint density at radius 3 is 2.88 bits per heavy atom. The van der Waals surface area contributed by atoms with E-state index < -0.39 is 0 Å². The summed E-state index contributed by atoms with van der Waals surface area (Å²) in [6, 6.07) is 9.62.